The maximum absolute atomic E-state index is 15.0. The normalized spacial score (nSPS) is 15.0. The van der Waals surface area contributed by atoms with Gasteiger partial charge in [0, 0.05) is 13.1 Å². The van der Waals surface area contributed by atoms with E-state index in [1.54, 1.807) is 18.3 Å². The van der Waals surface area contributed by atoms with Crippen molar-refractivity contribution >= 4 is 34.6 Å². The van der Waals surface area contributed by atoms with Gasteiger partial charge in [-0.25, -0.2) is 19.2 Å². The monoisotopic (exact) mass is 503 g/mol. The van der Waals surface area contributed by atoms with Gasteiger partial charge in [0.2, 0.25) is 5.91 Å². The van der Waals surface area contributed by atoms with Gasteiger partial charge in [0.25, 0.3) is 5.91 Å². The average Bonchev–Trinajstić information content (AvgIpc) is 3.52. The zero-order valence-electron chi connectivity index (χ0n) is 19.7. The number of halogens is 1. The Morgan fingerprint density at radius 3 is 2.73 bits per heavy atom. The highest BCUT2D eigenvalue weighted by Gasteiger charge is 2.32. The lowest BCUT2D eigenvalue weighted by molar-refractivity contribution is -0.119. The van der Waals surface area contributed by atoms with Crippen LogP contribution in [0.5, 0.6) is 0 Å². The number of anilines is 1. The number of para-hydroxylation sites is 2. The second-order valence-corrected chi connectivity index (χ2v) is 8.39. The molecule has 37 heavy (non-hydrogen) atoms. The molecular formula is C25H22FN7O4. The predicted molar refractivity (Wildman–Crippen MR) is 131 cm³/mol. The topological polar surface area (TPSA) is 131 Å². The lowest BCUT2D eigenvalue weighted by Gasteiger charge is -2.14. The van der Waals surface area contributed by atoms with Gasteiger partial charge in [-0.1, -0.05) is 12.1 Å². The van der Waals surface area contributed by atoms with Gasteiger partial charge < -0.3 is 19.9 Å². The summed E-state index contributed by atoms with van der Waals surface area (Å²) in [4.78, 5) is 49.9. The molecule has 0 saturated carbocycles. The first-order valence-electron chi connectivity index (χ1n) is 11.4. The molecule has 1 unspecified atom stereocenters. The van der Waals surface area contributed by atoms with Crippen LogP contribution in [-0.2, 0) is 16.1 Å². The third-order valence-electron chi connectivity index (χ3n) is 5.72. The number of ether oxygens (including phenoxy) is 1. The molecule has 1 atom stereocenters. The fourth-order valence-corrected chi connectivity index (χ4v) is 3.88. The van der Waals surface area contributed by atoms with Crippen LogP contribution in [0, 0.1) is 5.82 Å². The van der Waals surface area contributed by atoms with Crippen LogP contribution < -0.4 is 15.5 Å². The number of carbonyl (C=O) groups is 3. The number of cyclic esters (lactones) is 1. The summed E-state index contributed by atoms with van der Waals surface area (Å²) in [6.07, 6.45) is 3.30. The van der Waals surface area contributed by atoms with Crippen molar-refractivity contribution in [2.45, 2.75) is 19.6 Å². The third kappa shape index (κ3) is 5.22. The molecule has 1 aliphatic rings. The lowest BCUT2D eigenvalue weighted by atomic mass is 10.2. The number of hydrogen-bond donors (Lipinski definition) is 2. The first kappa shape index (κ1) is 23.9. The summed E-state index contributed by atoms with van der Waals surface area (Å²) >= 11 is 0. The number of imidazole rings is 1. The quantitative estimate of drug-likeness (QED) is 0.396. The minimum Gasteiger partial charge on any atom is -0.442 e. The van der Waals surface area contributed by atoms with Crippen molar-refractivity contribution in [2.75, 3.05) is 18.0 Å². The molecule has 11 nitrogen and oxygen atoms in total. The fraction of sp³-hybridized carbons (Fsp3) is 0.200. The Labute approximate surface area is 210 Å². The number of carbonyl (C=O) groups excluding carboxylic acids is 3. The highest BCUT2D eigenvalue weighted by Crippen LogP contribution is 2.25. The van der Waals surface area contributed by atoms with E-state index < -0.39 is 23.9 Å². The van der Waals surface area contributed by atoms with Gasteiger partial charge in [0.05, 0.1) is 60.3 Å². The van der Waals surface area contributed by atoms with Crippen LogP contribution in [0.15, 0.2) is 61.2 Å². The lowest BCUT2D eigenvalue weighted by Crippen LogP contribution is -2.33. The van der Waals surface area contributed by atoms with E-state index in [9.17, 15) is 18.8 Å². The molecule has 1 aliphatic heterocycles. The Morgan fingerprint density at radius 1 is 1.14 bits per heavy atom. The zero-order valence-corrected chi connectivity index (χ0v) is 19.7. The van der Waals surface area contributed by atoms with E-state index >= 15 is 0 Å². The minimum atomic E-state index is -0.612. The van der Waals surface area contributed by atoms with Gasteiger partial charge in [-0.3, -0.25) is 19.5 Å². The number of aromatic nitrogens is 4. The summed E-state index contributed by atoms with van der Waals surface area (Å²) in [5.74, 6) is -1.21. The van der Waals surface area contributed by atoms with Crippen molar-refractivity contribution in [1.29, 1.82) is 0 Å². The molecule has 2 aromatic carbocycles. The van der Waals surface area contributed by atoms with Gasteiger partial charge in [0.15, 0.2) is 0 Å². The Balaban J connectivity index is 1.23. The van der Waals surface area contributed by atoms with Crippen molar-refractivity contribution in [3.05, 3.63) is 78.4 Å². The predicted octanol–water partition coefficient (Wildman–Crippen LogP) is 2.35. The average molecular weight is 503 g/mol. The van der Waals surface area contributed by atoms with Crippen molar-refractivity contribution in [1.82, 2.24) is 30.2 Å². The molecule has 2 aromatic heterocycles. The number of nitrogens with one attached hydrogen (secondary N) is 2. The van der Waals surface area contributed by atoms with Crippen molar-refractivity contribution in [3.63, 3.8) is 0 Å². The first-order chi connectivity index (χ1) is 17.9. The molecule has 0 spiro atoms. The highest BCUT2D eigenvalue weighted by molar-refractivity contribution is 5.93. The molecule has 0 aliphatic carbocycles. The smallest absolute Gasteiger partial charge is 0.414 e. The molecule has 4 aromatic rings. The molecule has 3 heterocycles. The van der Waals surface area contributed by atoms with Crippen LogP contribution >= 0.6 is 0 Å². The van der Waals surface area contributed by atoms with E-state index in [-0.39, 0.29) is 36.9 Å². The van der Waals surface area contributed by atoms with Gasteiger partial charge in [-0.15, -0.1) is 0 Å². The molecule has 12 heteroatoms. The maximum Gasteiger partial charge on any atom is 0.414 e. The third-order valence-corrected chi connectivity index (χ3v) is 5.72. The highest BCUT2D eigenvalue weighted by atomic mass is 19.1. The molecule has 0 bridgehead atoms. The van der Waals surface area contributed by atoms with E-state index in [0.717, 1.165) is 0 Å². The first-order valence-corrected chi connectivity index (χ1v) is 11.4. The van der Waals surface area contributed by atoms with Crippen LogP contribution in [0.3, 0.4) is 0 Å². The van der Waals surface area contributed by atoms with Crippen LogP contribution in [0.1, 0.15) is 23.1 Å². The largest absolute Gasteiger partial charge is 0.442 e. The summed E-state index contributed by atoms with van der Waals surface area (Å²) < 4.78 is 21.7. The Morgan fingerprint density at radius 2 is 1.95 bits per heavy atom. The standard InChI is InChI=1S/C25H22FN7O4/c1-15(34)27-10-18-13-33(25(36)37-18)17-6-7-23(19(26)8-17)32-12-16(30-14-32)9-29-24(35)22-11-28-20-4-2-3-5-21(20)31-22/h2-8,11-12,14,18H,9-10,13H2,1H3,(H,27,34)(H,29,35). The Kier molecular flexibility index (Phi) is 6.45. The number of fused-ring (bicyclic) bond motifs is 1. The maximum atomic E-state index is 15.0. The summed E-state index contributed by atoms with van der Waals surface area (Å²) in [6, 6.07) is 11.6. The van der Waals surface area contributed by atoms with Crippen LogP contribution in [0.4, 0.5) is 14.9 Å². The molecule has 3 amide bonds. The van der Waals surface area contributed by atoms with Gasteiger partial charge in [-0.05, 0) is 30.3 Å². The number of benzene rings is 2. The molecule has 5 rings (SSSR count). The van der Waals surface area contributed by atoms with E-state index in [2.05, 4.69) is 25.6 Å². The van der Waals surface area contributed by atoms with Gasteiger partial charge >= 0.3 is 6.09 Å². The minimum absolute atomic E-state index is 0.106. The van der Waals surface area contributed by atoms with E-state index in [1.165, 1.54) is 41.0 Å². The molecular weight excluding hydrogens is 481 g/mol. The molecule has 1 fully saturated rings. The number of rotatable bonds is 7. The van der Waals surface area contributed by atoms with E-state index in [0.29, 0.717) is 22.4 Å². The zero-order chi connectivity index (χ0) is 25.9. The van der Waals surface area contributed by atoms with Crippen LogP contribution in [0.2, 0.25) is 0 Å². The van der Waals surface area contributed by atoms with Crippen molar-refractivity contribution < 1.29 is 23.5 Å². The van der Waals surface area contributed by atoms with Gasteiger partial charge in [0.1, 0.15) is 17.6 Å². The Hall–Kier alpha value is -4.87. The number of hydrogen-bond acceptors (Lipinski definition) is 7. The fourth-order valence-electron chi connectivity index (χ4n) is 3.88. The second-order valence-electron chi connectivity index (χ2n) is 8.39. The van der Waals surface area contributed by atoms with Crippen LogP contribution in [0.25, 0.3) is 16.7 Å². The number of amides is 3. The molecule has 2 N–H and O–H groups in total. The molecule has 0 radical (unpaired) electrons. The molecule has 188 valence electrons. The van der Waals surface area contributed by atoms with Gasteiger partial charge in [-0.2, -0.15) is 0 Å². The Bertz CT molecular complexity index is 1510. The molecule has 1 saturated heterocycles. The van der Waals surface area contributed by atoms with E-state index in [1.807, 2.05) is 18.2 Å². The van der Waals surface area contributed by atoms with E-state index in [4.69, 9.17) is 4.74 Å². The summed E-state index contributed by atoms with van der Waals surface area (Å²) in [5.41, 5.74) is 2.55. The summed E-state index contributed by atoms with van der Waals surface area (Å²) in [6.45, 7) is 1.85. The van der Waals surface area contributed by atoms with Crippen molar-refractivity contribution in [2.24, 2.45) is 0 Å². The summed E-state index contributed by atoms with van der Waals surface area (Å²) in [5, 5.41) is 5.33. The number of nitrogens with zero attached hydrogens (tertiary/aromatic N) is 5. The van der Waals surface area contributed by atoms with Crippen LogP contribution in [-0.4, -0.2) is 56.6 Å². The summed E-state index contributed by atoms with van der Waals surface area (Å²) in [7, 11) is 0. The van der Waals surface area contributed by atoms with Crippen molar-refractivity contribution in [3.8, 4) is 5.69 Å². The SMILES string of the molecule is CC(=O)NCC1CN(c2ccc(-n3cnc(CNC(=O)c4cnc5ccccc5n4)c3)c(F)c2)C(=O)O1. The second kappa shape index (κ2) is 10.0.